The summed E-state index contributed by atoms with van der Waals surface area (Å²) in [7, 11) is 2.12. The SMILES string of the molecule is Cc1ccccc1OCCN(C)CCC(N)C(C)C. The number of ether oxygens (including phenoxy) is 1. The molecule has 1 rings (SSSR count). The Kier molecular flexibility index (Phi) is 6.89. The minimum absolute atomic E-state index is 0.291. The van der Waals surface area contributed by atoms with Crippen LogP contribution in [0, 0.1) is 12.8 Å². The second-order valence-corrected chi connectivity index (χ2v) is 5.61. The van der Waals surface area contributed by atoms with Crippen molar-refractivity contribution in [1.82, 2.24) is 4.90 Å². The number of para-hydroxylation sites is 1. The molecule has 3 heteroatoms. The maximum Gasteiger partial charge on any atom is 0.122 e. The van der Waals surface area contributed by atoms with Gasteiger partial charge in [0.05, 0.1) is 0 Å². The minimum atomic E-state index is 0.291. The number of rotatable bonds is 8. The fourth-order valence-corrected chi connectivity index (χ4v) is 1.84. The van der Waals surface area contributed by atoms with Crippen LogP contribution in [0.4, 0.5) is 0 Å². The zero-order valence-electron chi connectivity index (χ0n) is 12.7. The van der Waals surface area contributed by atoms with Crippen molar-refractivity contribution < 1.29 is 4.74 Å². The Hall–Kier alpha value is -1.06. The van der Waals surface area contributed by atoms with Crippen LogP contribution in [0.15, 0.2) is 24.3 Å². The fourth-order valence-electron chi connectivity index (χ4n) is 1.84. The van der Waals surface area contributed by atoms with E-state index >= 15 is 0 Å². The Bertz CT molecular complexity index is 366. The first-order valence-electron chi connectivity index (χ1n) is 7.13. The third kappa shape index (κ3) is 6.08. The highest BCUT2D eigenvalue weighted by molar-refractivity contribution is 5.31. The lowest BCUT2D eigenvalue weighted by Crippen LogP contribution is -2.33. The Balaban J connectivity index is 2.20. The van der Waals surface area contributed by atoms with Gasteiger partial charge in [0, 0.05) is 12.6 Å². The molecule has 0 aliphatic heterocycles. The van der Waals surface area contributed by atoms with E-state index in [0.29, 0.717) is 12.0 Å². The number of nitrogens with zero attached hydrogens (tertiary/aromatic N) is 1. The maximum atomic E-state index is 6.05. The van der Waals surface area contributed by atoms with Crippen LogP contribution < -0.4 is 10.5 Å². The van der Waals surface area contributed by atoms with Gasteiger partial charge in [0.1, 0.15) is 12.4 Å². The van der Waals surface area contributed by atoms with Crippen molar-refractivity contribution in [2.24, 2.45) is 11.7 Å². The molecule has 3 nitrogen and oxygen atoms in total. The number of nitrogens with two attached hydrogens (primary N) is 1. The quantitative estimate of drug-likeness (QED) is 0.784. The molecule has 0 saturated carbocycles. The summed E-state index contributed by atoms with van der Waals surface area (Å²) in [4.78, 5) is 2.28. The average molecular weight is 264 g/mol. The number of likely N-dealkylation sites (N-methyl/N-ethyl adjacent to an activating group) is 1. The molecule has 108 valence electrons. The topological polar surface area (TPSA) is 38.5 Å². The first-order valence-corrected chi connectivity index (χ1v) is 7.13. The van der Waals surface area contributed by atoms with Crippen LogP contribution in [0.2, 0.25) is 0 Å². The summed E-state index contributed by atoms with van der Waals surface area (Å²) in [6, 6.07) is 8.42. The van der Waals surface area contributed by atoms with E-state index in [1.54, 1.807) is 0 Å². The summed E-state index contributed by atoms with van der Waals surface area (Å²) in [6.45, 7) is 9.09. The standard InChI is InChI=1S/C16H28N2O/c1-13(2)15(17)9-10-18(4)11-12-19-16-8-6-5-7-14(16)3/h5-8,13,15H,9-12,17H2,1-4H3. The van der Waals surface area contributed by atoms with E-state index in [4.69, 9.17) is 10.5 Å². The monoisotopic (exact) mass is 264 g/mol. The number of benzene rings is 1. The molecule has 0 saturated heterocycles. The molecule has 0 aliphatic carbocycles. The molecule has 1 unspecified atom stereocenters. The van der Waals surface area contributed by atoms with Crippen molar-refractivity contribution in [3.8, 4) is 5.75 Å². The zero-order valence-corrected chi connectivity index (χ0v) is 12.7. The Morgan fingerprint density at radius 2 is 1.89 bits per heavy atom. The van der Waals surface area contributed by atoms with E-state index < -0.39 is 0 Å². The van der Waals surface area contributed by atoms with Gasteiger partial charge in [-0.3, -0.25) is 0 Å². The lowest BCUT2D eigenvalue weighted by molar-refractivity contribution is 0.228. The van der Waals surface area contributed by atoms with Crippen LogP contribution in [0.25, 0.3) is 0 Å². The molecular weight excluding hydrogens is 236 g/mol. The van der Waals surface area contributed by atoms with Crippen molar-refractivity contribution in [3.63, 3.8) is 0 Å². The second kappa shape index (κ2) is 8.18. The molecular formula is C16H28N2O. The first-order chi connectivity index (χ1) is 9.00. The second-order valence-electron chi connectivity index (χ2n) is 5.61. The summed E-state index contributed by atoms with van der Waals surface area (Å²) < 4.78 is 5.79. The van der Waals surface area contributed by atoms with Gasteiger partial charge in [-0.25, -0.2) is 0 Å². The number of hydrogen-bond acceptors (Lipinski definition) is 3. The van der Waals surface area contributed by atoms with E-state index in [-0.39, 0.29) is 0 Å². The van der Waals surface area contributed by atoms with Crippen LogP contribution in [0.3, 0.4) is 0 Å². The van der Waals surface area contributed by atoms with Gasteiger partial charge in [-0.1, -0.05) is 32.0 Å². The van der Waals surface area contributed by atoms with Crippen LogP contribution >= 0.6 is 0 Å². The maximum absolute atomic E-state index is 6.05. The highest BCUT2D eigenvalue weighted by Gasteiger charge is 2.08. The number of aryl methyl sites for hydroxylation is 1. The third-order valence-electron chi connectivity index (χ3n) is 3.52. The molecule has 0 heterocycles. The molecule has 1 atom stereocenters. The normalized spacial score (nSPS) is 13.0. The van der Waals surface area contributed by atoms with Gasteiger partial charge >= 0.3 is 0 Å². The molecule has 0 bridgehead atoms. The fraction of sp³-hybridized carbons (Fsp3) is 0.625. The van der Waals surface area contributed by atoms with Crippen molar-refractivity contribution in [1.29, 1.82) is 0 Å². The van der Waals surface area contributed by atoms with Crippen LogP contribution in [0.5, 0.6) is 5.75 Å². The van der Waals surface area contributed by atoms with Gasteiger partial charge in [-0.05, 0) is 44.5 Å². The summed E-state index contributed by atoms with van der Waals surface area (Å²) in [5.41, 5.74) is 7.23. The number of hydrogen-bond donors (Lipinski definition) is 1. The van der Waals surface area contributed by atoms with Gasteiger partial charge < -0.3 is 15.4 Å². The van der Waals surface area contributed by atoms with Crippen molar-refractivity contribution in [2.75, 3.05) is 26.7 Å². The van der Waals surface area contributed by atoms with Gasteiger partial charge in [-0.2, -0.15) is 0 Å². The lowest BCUT2D eigenvalue weighted by atomic mass is 10.0. The van der Waals surface area contributed by atoms with Crippen LogP contribution in [-0.2, 0) is 0 Å². The van der Waals surface area contributed by atoms with E-state index in [1.165, 1.54) is 5.56 Å². The molecule has 1 aromatic rings. The molecule has 0 amide bonds. The predicted molar refractivity (Wildman–Crippen MR) is 81.6 cm³/mol. The predicted octanol–water partition coefficient (Wildman–Crippen LogP) is 2.68. The van der Waals surface area contributed by atoms with Gasteiger partial charge in [-0.15, -0.1) is 0 Å². The summed E-state index contributed by atoms with van der Waals surface area (Å²) >= 11 is 0. The molecule has 0 fully saturated rings. The van der Waals surface area contributed by atoms with Gasteiger partial charge in [0.25, 0.3) is 0 Å². The molecule has 2 N–H and O–H groups in total. The molecule has 0 aliphatic rings. The molecule has 1 aromatic carbocycles. The summed E-state index contributed by atoms with van der Waals surface area (Å²) in [5.74, 6) is 1.53. The molecule has 19 heavy (non-hydrogen) atoms. The third-order valence-corrected chi connectivity index (χ3v) is 3.52. The molecule has 0 aromatic heterocycles. The van der Waals surface area contributed by atoms with Gasteiger partial charge in [0.15, 0.2) is 0 Å². The summed E-state index contributed by atoms with van der Waals surface area (Å²) in [6.07, 6.45) is 1.04. The molecule has 0 spiro atoms. The van der Waals surface area contributed by atoms with Crippen molar-refractivity contribution in [2.45, 2.75) is 33.2 Å². The first kappa shape index (κ1) is 16.0. The highest BCUT2D eigenvalue weighted by atomic mass is 16.5. The van der Waals surface area contributed by atoms with Crippen LogP contribution in [0.1, 0.15) is 25.8 Å². The van der Waals surface area contributed by atoms with E-state index in [1.807, 2.05) is 18.2 Å². The van der Waals surface area contributed by atoms with E-state index in [0.717, 1.165) is 31.9 Å². The lowest BCUT2D eigenvalue weighted by Gasteiger charge is -2.21. The molecule has 0 radical (unpaired) electrons. The smallest absolute Gasteiger partial charge is 0.122 e. The minimum Gasteiger partial charge on any atom is -0.492 e. The van der Waals surface area contributed by atoms with Crippen molar-refractivity contribution >= 4 is 0 Å². The average Bonchev–Trinajstić information content (AvgIpc) is 2.38. The van der Waals surface area contributed by atoms with E-state index in [9.17, 15) is 0 Å². The Labute approximate surface area is 117 Å². The van der Waals surface area contributed by atoms with Crippen LogP contribution in [-0.4, -0.2) is 37.7 Å². The zero-order chi connectivity index (χ0) is 14.3. The van der Waals surface area contributed by atoms with Gasteiger partial charge in [0.2, 0.25) is 0 Å². The largest absolute Gasteiger partial charge is 0.492 e. The van der Waals surface area contributed by atoms with Crippen molar-refractivity contribution in [3.05, 3.63) is 29.8 Å². The Morgan fingerprint density at radius 1 is 1.21 bits per heavy atom. The Morgan fingerprint density at radius 3 is 2.53 bits per heavy atom. The highest BCUT2D eigenvalue weighted by Crippen LogP contribution is 2.15. The van der Waals surface area contributed by atoms with E-state index in [2.05, 4.69) is 38.8 Å². The summed E-state index contributed by atoms with van der Waals surface area (Å²) in [5, 5.41) is 0.